The number of aromatic nitrogens is 4. The van der Waals surface area contributed by atoms with E-state index >= 15 is 0 Å². The van der Waals surface area contributed by atoms with Gasteiger partial charge in [0, 0.05) is 18.2 Å². The number of halogens is 1. The molecular weight excluding hydrogens is 361 g/mol. The van der Waals surface area contributed by atoms with Crippen LogP contribution in [0.3, 0.4) is 0 Å². The summed E-state index contributed by atoms with van der Waals surface area (Å²) >= 11 is 0. The first-order valence-corrected chi connectivity index (χ1v) is 9.26. The predicted molar refractivity (Wildman–Crippen MR) is 104 cm³/mol. The molecule has 1 saturated heterocycles. The number of hydrogen-bond acceptors (Lipinski definition) is 4. The number of aromatic amines is 1. The summed E-state index contributed by atoms with van der Waals surface area (Å²) in [4.78, 5) is 27.6. The Morgan fingerprint density at radius 2 is 1.93 bits per heavy atom. The van der Waals surface area contributed by atoms with Crippen LogP contribution in [0.25, 0.3) is 22.2 Å². The number of H-pyrrole nitrogens is 1. The van der Waals surface area contributed by atoms with Gasteiger partial charge < -0.3 is 10.3 Å². The van der Waals surface area contributed by atoms with Gasteiger partial charge in [-0.1, -0.05) is 6.07 Å². The number of rotatable bonds is 2. The van der Waals surface area contributed by atoms with E-state index in [0.717, 1.165) is 37.7 Å². The molecule has 0 spiro atoms. The molecule has 0 atom stereocenters. The molecule has 142 valence electrons. The Hall–Kier alpha value is -3.26. The van der Waals surface area contributed by atoms with Gasteiger partial charge in [-0.2, -0.15) is 5.10 Å². The average Bonchev–Trinajstić information content (AvgIpc) is 3.09. The van der Waals surface area contributed by atoms with Crippen molar-refractivity contribution in [3.8, 4) is 5.69 Å². The lowest BCUT2D eigenvalue weighted by Gasteiger charge is -2.23. The number of nitrogens with one attached hydrogen (secondary N) is 2. The first-order chi connectivity index (χ1) is 13.6. The van der Waals surface area contributed by atoms with Gasteiger partial charge in [0.25, 0.3) is 11.1 Å². The lowest BCUT2D eigenvalue weighted by Crippen LogP contribution is -2.28. The zero-order chi connectivity index (χ0) is 19.3. The van der Waals surface area contributed by atoms with Gasteiger partial charge in [0.15, 0.2) is 5.82 Å². The van der Waals surface area contributed by atoms with E-state index in [9.17, 15) is 14.0 Å². The first-order valence-electron chi connectivity index (χ1n) is 9.26. The van der Waals surface area contributed by atoms with Crippen molar-refractivity contribution in [1.82, 2.24) is 24.5 Å². The summed E-state index contributed by atoms with van der Waals surface area (Å²) in [5, 5.41) is 8.63. The minimum absolute atomic E-state index is 0.218. The van der Waals surface area contributed by atoms with Gasteiger partial charge in [-0.15, -0.1) is 0 Å². The van der Waals surface area contributed by atoms with Crippen LogP contribution in [0.5, 0.6) is 0 Å². The van der Waals surface area contributed by atoms with E-state index in [4.69, 9.17) is 0 Å². The molecule has 8 heteroatoms. The molecular formula is C20H18FN5O2. The molecule has 0 radical (unpaired) electrons. The fourth-order valence-corrected chi connectivity index (χ4v) is 4.03. The summed E-state index contributed by atoms with van der Waals surface area (Å²) in [6.45, 7) is 1.79. The highest BCUT2D eigenvalue weighted by atomic mass is 19.1. The minimum Gasteiger partial charge on any atom is -0.317 e. The molecule has 0 aliphatic carbocycles. The third-order valence-corrected chi connectivity index (χ3v) is 5.36. The van der Waals surface area contributed by atoms with Crippen molar-refractivity contribution in [3.63, 3.8) is 0 Å². The minimum atomic E-state index is -0.833. The maximum atomic E-state index is 13.9. The standard InChI is InChI=1S/C20H18FN5O2/c21-13-3-2-10-25(20(13)28)15-5-1-4-14-18(15)19-23-17(27)11-16(26(19)24-14)12-6-8-22-9-7-12/h1-5,10-12,22H,6-9H2,(H,23,27). The van der Waals surface area contributed by atoms with Crippen LogP contribution >= 0.6 is 0 Å². The zero-order valence-electron chi connectivity index (χ0n) is 15.0. The highest BCUT2D eigenvalue weighted by Gasteiger charge is 2.22. The summed E-state index contributed by atoms with van der Waals surface area (Å²) < 4.78 is 16.9. The van der Waals surface area contributed by atoms with Gasteiger partial charge in [-0.05, 0) is 50.2 Å². The molecule has 3 aromatic heterocycles. The molecule has 1 aromatic carbocycles. The highest BCUT2D eigenvalue weighted by Crippen LogP contribution is 2.29. The molecule has 1 aliphatic heterocycles. The molecule has 5 rings (SSSR count). The maximum absolute atomic E-state index is 13.9. The van der Waals surface area contributed by atoms with Gasteiger partial charge in [-0.3, -0.25) is 14.2 Å². The lowest BCUT2D eigenvalue weighted by molar-refractivity contribution is 0.446. The Morgan fingerprint density at radius 3 is 2.75 bits per heavy atom. The van der Waals surface area contributed by atoms with Crippen LogP contribution in [0.1, 0.15) is 24.5 Å². The molecule has 0 saturated carbocycles. The number of benzene rings is 1. The van der Waals surface area contributed by atoms with Crippen LogP contribution in [0.15, 0.2) is 52.2 Å². The molecule has 1 fully saturated rings. The Morgan fingerprint density at radius 1 is 1.11 bits per heavy atom. The van der Waals surface area contributed by atoms with Gasteiger partial charge in [-0.25, -0.2) is 8.91 Å². The van der Waals surface area contributed by atoms with E-state index in [2.05, 4.69) is 15.4 Å². The number of piperidine rings is 1. The molecule has 1 aliphatic rings. The molecule has 0 unspecified atom stereocenters. The molecule has 7 nitrogen and oxygen atoms in total. The second-order valence-electron chi connectivity index (χ2n) is 7.05. The summed E-state index contributed by atoms with van der Waals surface area (Å²) in [6.07, 6.45) is 3.36. The normalized spacial score (nSPS) is 15.5. The van der Waals surface area contributed by atoms with Crippen molar-refractivity contribution < 1.29 is 4.39 Å². The Labute approximate surface area is 158 Å². The number of hydrogen-bond donors (Lipinski definition) is 2. The van der Waals surface area contributed by atoms with Gasteiger partial charge in [0.05, 0.1) is 22.3 Å². The predicted octanol–water partition coefficient (Wildman–Crippen LogP) is 1.93. The van der Waals surface area contributed by atoms with E-state index < -0.39 is 11.4 Å². The van der Waals surface area contributed by atoms with Crippen LogP contribution < -0.4 is 16.4 Å². The van der Waals surface area contributed by atoms with Gasteiger partial charge in [0.1, 0.15) is 5.65 Å². The summed E-state index contributed by atoms with van der Waals surface area (Å²) in [5.41, 5.74) is 1.52. The van der Waals surface area contributed by atoms with E-state index in [0.29, 0.717) is 22.2 Å². The summed E-state index contributed by atoms with van der Waals surface area (Å²) in [6, 6.07) is 9.52. The zero-order valence-corrected chi connectivity index (χ0v) is 15.0. The average molecular weight is 379 g/mol. The Bertz CT molecular complexity index is 1310. The molecule has 0 amide bonds. The Balaban J connectivity index is 1.84. The third-order valence-electron chi connectivity index (χ3n) is 5.36. The maximum Gasteiger partial charge on any atom is 0.291 e. The van der Waals surface area contributed by atoms with Gasteiger partial charge in [0.2, 0.25) is 0 Å². The highest BCUT2D eigenvalue weighted by molar-refractivity contribution is 5.99. The second-order valence-corrected chi connectivity index (χ2v) is 7.05. The van der Waals surface area contributed by atoms with Crippen molar-refractivity contribution in [3.05, 3.63) is 74.8 Å². The quantitative estimate of drug-likeness (QED) is 0.557. The van der Waals surface area contributed by atoms with Crippen molar-refractivity contribution in [2.45, 2.75) is 18.8 Å². The summed E-state index contributed by atoms with van der Waals surface area (Å²) in [7, 11) is 0. The van der Waals surface area contributed by atoms with Crippen LogP contribution in [-0.2, 0) is 0 Å². The van der Waals surface area contributed by atoms with Crippen LogP contribution in [0.4, 0.5) is 4.39 Å². The van der Waals surface area contributed by atoms with E-state index in [-0.39, 0.29) is 11.5 Å². The lowest BCUT2D eigenvalue weighted by atomic mass is 9.94. The van der Waals surface area contributed by atoms with Crippen molar-refractivity contribution in [1.29, 1.82) is 0 Å². The topological polar surface area (TPSA) is 84.2 Å². The Kier molecular flexibility index (Phi) is 3.87. The molecule has 4 heterocycles. The van der Waals surface area contributed by atoms with E-state index in [1.165, 1.54) is 16.8 Å². The van der Waals surface area contributed by atoms with Crippen molar-refractivity contribution >= 4 is 16.6 Å². The third kappa shape index (κ3) is 2.56. The van der Waals surface area contributed by atoms with Crippen molar-refractivity contribution in [2.24, 2.45) is 0 Å². The largest absolute Gasteiger partial charge is 0.317 e. The molecule has 0 bridgehead atoms. The smallest absolute Gasteiger partial charge is 0.291 e. The number of nitrogens with zero attached hydrogens (tertiary/aromatic N) is 3. The summed E-state index contributed by atoms with van der Waals surface area (Å²) in [5.74, 6) is -0.611. The van der Waals surface area contributed by atoms with Gasteiger partial charge >= 0.3 is 0 Å². The first kappa shape index (κ1) is 16.9. The van der Waals surface area contributed by atoms with E-state index in [1.54, 1.807) is 22.7 Å². The van der Waals surface area contributed by atoms with E-state index in [1.807, 2.05) is 6.07 Å². The molecule has 28 heavy (non-hydrogen) atoms. The van der Waals surface area contributed by atoms with Crippen LogP contribution in [0.2, 0.25) is 0 Å². The fraction of sp³-hybridized carbons (Fsp3) is 0.250. The molecule has 2 N–H and O–H groups in total. The second kappa shape index (κ2) is 6.42. The SMILES string of the molecule is O=c1cc(C2CCNCC2)n2nc3cccc(-n4cccc(F)c4=O)c3c2[nH]1. The van der Waals surface area contributed by atoms with Crippen LogP contribution in [0, 0.1) is 5.82 Å². The number of fused-ring (bicyclic) bond motifs is 3. The molecule has 4 aromatic rings. The fourth-order valence-electron chi connectivity index (χ4n) is 4.03. The van der Waals surface area contributed by atoms with Crippen LogP contribution in [-0.4, -0.2) is 32.3 Å². The van der Waals surface area contributed by atoms with Crippen molar-refractivity contribution in [2.75, 3.05) is 13.1 Å². The monoisotopic (exact) mass is 379 g/mol. The number of pyridine rings is 1.